The number of nitrogens with one attached hydrogen (secondary N) is 1. The fraction of sp³-hybridized carbons (Fsp3) is 0.300. The lowest BCUT2D eigenvalue weighted by atomic mass is 10.1. The van der Waals surface area contributed by atoms with Gasteiger partial charge in [-0.15, -0.1) is 0 Å². The van der Waals surface area contributed by atoms with E-state index >= 15 is 0 Å². The van der Waals surface area contributed by atoms with Crippen LogP contribution < -0.4 is 5.56 Å². The number of ether oxygens (including phenoxy) is 1. The number of aromatic nitrogens is 3. The van der Waals surface area contributed by atoms with Crippen LogP contribution in [-0.4, -0.2) is 32.9 Å². The van der Waals surface area contributed by atoms with E-state index in [1.165, 1.54) is 0 Å². The van der Waals surface area contributed by atoms with Gasteiger partial charge in [0.2, 0.25) is 5.78 Å². The molecule has 0 aliphatic heterocycles. The number of hydrogen-bond acceptors (Lipinski definition) is 5. The molecule has 2 aromatic heterocycles. The van der Waals surface area contributed by atoms with Crippen molar-refractivity contribution in [1.82, 2.24) is 14.5 Å². The van der Waals surface area contributed by atoms with Gasteiger partial charge in [-0.25, -0.2) is 4.98 Å². The van der Waals surface area contributed by atoms with Crippen molar-refractivity contribution in [2.24, 2.45) is 7.05 Å². The van der Waals surface area contributed by atoms with Crippen LogP contribution in [0.25, 0.3) is 10.9 Å². The zero-order valence-electron chi connectivity index (χ0n) is 15.5. The normalized spacial score (nSPS) is 10.9. The van der Waals surface area contributed by atoms with Gasteiger partial charge in [0.25, 0.3) is 5.56 Å². The molecule has 0 aliphatic rings. The lowest BCUT2D eigenvalue weighted by molar-refractivity contribution is -0.142. The van der Waals surface area contributed by atoms with Crippen molar-refractivity contribution in [2.75, 3.05) is 6.61 Å². The molecule has 7 heteroatoms. The highest BCUT2D eigenvalue weighted by Gasteiger charge is 2.16. The van der Waals surface area contributed by atoms with Crippen LogP contribution in [0.2, 0.25) is 0 Å². The van der Waals surface area contributed by atoms with Crippen LogP contribution in [0, 0.1) is 13.8 Å². The van der Waals surface area contributed by atoms with Gasteiger partial charge in [0.15, 0.2) is 6.61 Å². The number of benzene rings is 1. The molecule has 0 spiro atoms. The van der Waals surface area contributed by atoms with Gasteiger partial charge in [0.05, 0.1) is 17.3 Å². The highest BCUT2D eigenvalue weighted by atomic mass is 16.5. The van der Waals surface area contributed by atoms with Gasteiger partial charge in [-0.2, -0.15) is 0 Å². The topological polar surface area (TPSA) is 94.1 Å². The van der Waals surface area contributed by atoms with Gasteiger partial charge in [0, 0.05) is 30.4 Å². The summed E-state index contributed by atoms with van der Waals surface area (Å²) in [7, 11) is 1.88. The standard InChI is InChI=1S/C20H21N3O4/c1-12-10-15(13(2)23(12)3)17(24)11-27-19(25)9-8-18-21-16-7-5-4-6-14(16)20(26)22-18/h4-7,10H,8-9,11H2,1-3H3,(H,21,22,26). The average molecular weight is 367 g/mol. The Morgan fingerprint density at radius 2 is 1.96 bits per heavy atom. The number of nitrogens with zero attached hydrogens (tertiary/aromatic N) is 2. The number of hydrogen-bond donors (Lipinski definition) is 1. The summed E-state index contributed by atoms with van der Waals surface area (Å²) in [5, 5.41) is 0.503. The first kappa shape index (κ1) is 18.6. The maximum absolute atomic E-state index is 12.3. The summed E-state index contributed by atoms with van der Waals surface area (Å²) in [4.78, 5) is 43.2. The third-order valence-corrected chi connectivity index (χ3v) is 4.67. The van der Waals surface area contributed by atoms with Crippen LogP contribution in [-0.2, 0) is 23.0 Å². The summed E-state index contributed by atoms with van der Waals surface area (Å²) in [5.74, 6) is -0.331. The maximum atomic E-state index is 12.3. The zero-order valence-corrected chi connectivity index (χ0v) is 15.5. The van der Waals surface area contributed by atoms with Crippen molar-refractivity contribution >= 4 is 22.7 Å². The zero-order chi connectivity index (χ0) is 19.6. The number of H-pyrrole nitrogens is 1. The highest BCUT2D eigenvalue weighted by Crippen LogP contribution is 2.14. The average Bonchev–Trinajstić information content (AvgIpc) is 2.92. The van der Waals surface area contributed by atoms with Crippen molar-refractivity contribution in [3.63, 3.8) is 0 Å². The minimum atomic E-state index is -0.510. The van der Waals surface area contributed by atoms with Gasteiger partial charge in [-0.1, -0.05) is 12.1 Å². The Labute approximate surface area is 156 Å². The van der Waals surface area contributed by atoms with Gasteiger partial charge >= 0.3 is 5.97 Å². The quantitative estimate of drug-likeness (QED) is 0.533. The lowest BCUT2D eigenvalue weighted by Gasteiger charge is -2.05. The summed E-state index contributed by atoms with van der Waals surface area (Å²) in [6, 6.07) is 8.79. The minimum Gasteiger partial charge on any atom is -0.457 e. The second-order valence-electron chi connectivity index (χ2n) is 6.46. The summed E-state index contributed by atoms with van der Waals surface area (Å²) in [6.45, 7) is 3.46. The number of esters is 1. The summed E-state index contributed by atoms with van der Waals surface area (Å²) < 4.78 is 7.00. The van der Waals surface area contributed by atoms with Crippen LogP contribution in [0.4, 0.5) is 0 Å². The Morgan fingerprint density at radius 1 is 1.22 bits per heavy atom. The smallest absolute Gasteiger partial charge is 0.306 e. The number of rotatable bonds is 6. The van der Waals surface area contributed by atoms with Crippen LogP contribution in [0.1, 0.15) is 34.0 Å². The van der Waals surface area contributed by atoms with E-state index in [-0.39, 0.29) is 30.8 Å². The molecule has 1 aromatic carbocycles. The molecule has 0 radical (unpaired) electrons. The largest absolute Gasteiger partial charge is 0.457 e. The molecule has 3 rings (SSSR count). The number of fused-ring (bicyclic) bond motifs is 1. The molecule has 0 amide bonds. The molecular formula is C20H21N3O4. The Morgan fingerprint density at radius 3 is 2.67 bits per heavy atom. The molecule has 27 heavy (non-hydrogen) atoms. The van der Waals surface area contributed by atoms with Crippen LogP contribution >= 0.6 is 0 Å². The van der Waals surface area contributed by atoms with E-state index in [1.54, 1.807) is 30.3 Å². The van der Waals surface area contributed by atoms with E-state index in [0.29, 0.717) is 22.3 Å². The first-order valence-corrected chi connectivity index (χ1v) is 8.66. The summed E-state index contributed by atoms with van der Waals surface area (Å²) >= 11 is 0. The SMILES string of the molecule is Cc1cc(C(=O)COC(=O)CCc2nc3ccccc3c(=O)[nH]2)c(C)n1C. The van der Waals surface area contributed by atoms with E-state index in [4.69, 9.17) is 4.74 Å². The van der Waals surface area contributed by atoms with Gasteiger partial charge in [-0.3, -0.25) is 14.4 Å². The number of ketones is 1. The predicted molar refractivity (Wildman–Crippen MR) is 101 cm³/mol. The summed E-state index contributed by atoms with van der Waals surface area (Å²) in [5.41, 5.74) is 2.70. The van der Waals surface area contributed by atoms with Crippen molar-refractivity contribution in [3.05, 3.63) is 63.5 Å². The Balaban J connectivity index is 1.58. The van der Waals surface area contributed by atoms with Crippen LogP contribution in [0.15, 0.2) is 35.1 Å². The summed E-state index contributed by atoms with van der Waals surface area (Å²) in [6.07, 6.45) is 0.262. The van der Waals surface area contributed by atoms with E-state index in [9.17, 15) is 14.4 Å². The number of para-hydroxylation sites is 1. The fourth-order valence-corrected chi connectivity index (χ4v) is 2.91. The van der Waals surface area contributed by atoms with E-state index in [1.807, 2.05) is 25.5 Å². The maximum Gasteiger partial charge on any atom is 0.306 e. The van der Waals surface area contributed by atoms with Crippen molar-refractivity contribution in [1.29, 1.82) is 0 Å². The Kier molecular flexibility index (Phi) is 5.21. The number of carbonyl (C=O) groups excluding carboxylic acids is 2. The lowest BCUT2D eigenvalue weighted by Crippen LogP contribution is -2.17. The molecule has 0 aliphatic carbocycles. The first-order valence-electron chi connectivity index (χ1n) is 8.66. The molecule has 0 unspecified atom stereocenters. The molecule has 0 atom stereocenters. The molecule has 7 nitrogen and oxygen atoms in total. The van der Waals surface area contributed by atoms with Crippen molar-refractivity contribution < 1.29 is 14.3 Å². The minimum absolute atomic E-state index is 0.0291. The van der Waals surface area contributed by atoms with Crippen LogP contribution in [0.3, 0.4) is 0 Å². The monoisotopic (exact) mass is 367 g/mol. The molecule has 0 bridgehead atoms. The molecule has 1 N–H and O–H groups in total. The predicted octanol–water partition coefficient (Wildman–Crippen LogP) is 2.24. The number of aryl methyl sites for hydroxylation is 2. The second kappa shape index (κ2) is 7.57. The van der Waals surface area contributed by atoms with Gasteiger partial charge in [0.1, 0.15) is 5.82 Å². The third kappa shape index (κ3) is 3.97. The highest BCUT2D eigenvalue weighted by molar-refractivity contribution is 5.99. The molecule has 3 aromatic rings. The van der Waals surface area contributed by atoms with Gasteiger partial charge in [-0.05, 0) is 32.0 Å². The molecule has 140 valence electrons. The van der Waals surface area contributed by atoms with Gasteiger partial charge < -0.3 is 14.3 Å². The molecule has 2 heterocycles. The molecular weight excluding hydrogens is 346 g/mol. The Hall–Kier alpha value is -3.22. The molecule has 0 saturated heterocycles. The number of aromatic amines is 1. The second-order valence-corrected chi connectivity index (χ2v) is 6.46. The van der Waals surface area contributed by atoms with Crippen LogP contribution in [0.5, 0.6) is 0 Å². The number of Topliss-reactive ketones (excluding diaryl/α,β-unsaturated/α-hetero) is 1. The molecule has 0 saturated carbocycles. The molecule has 0 fully saturated rings. The third-order valence-electron chi connectivity index (χ3n) is 4.67. The Bertz CT molecular complexity index is 1080. The van der Waals surface area contributed by atoms with E-state index in [0.717, 1.165) is 11.4 Å². The number of carbonyl (C=O) groups is 2. The van der Waals surface area contributed by atoms with Crippen molar-refractivity contribution in [2.45, 2.75) is 26.7 Å². The fourth-order valence-electron chi connectivity index (χ4n) is 2.91. The van der Waals surface area contributed by atoms with E-state index < -0.39 is 5.97 Å². The van der Waals surface area contributed by atoms with Crippen molar-refractivity contribution in [3.8, 4) is 0 Å². The first-order chi connectivity index (χ1) is 12.9. The van der Waals surface area contributed by atoms with E-state index in [2.05, 4.69) is 9.97 Å².